The Kier molecular flexibility index (Phi) is 5.42. The minimum Gasteiger partial charge on any atom is -0.454 e. The van der Waals surface area contributed by atoms with E-state index >= 15 is 0 Å². The van der Waals surface area contributed by atoms with Gasteiger partial charge in [-0.3, -0.25) is 4.79 Å². The molecule has 0 unspecified atom stereocenters. The van der Waals surface area contributed by atoms with Crippen molar-refractivity contribution >= 4 is 23.1 Å². The van der Waals surface area contributed by atoms with Gasteiger partial charge in [0.05, 0.1) is 16.9 Å². The molecule has 0 fully saturated rings. The normalized spacial score (nSPS) is 12.5. The summed E-state index contributed by atoms with van der Waals surface area (Å²) in [5.74, 6) is -0.630. The molecule has 0 amide bonds. The fraction of sp³-hybridized carbons (Fsp3) is 0.261. The first-order valence-electron chi connectivity index (χ1n) is 9.25. The molecule has 0 N–H and O–H groups in total. The molecule has 0 atom stereocenters. The maximum absolute atomic E-state index is 12.8. The first-order chi connectivity index (χ1) is 13.8. The molecule has 2 aromatic rings. The molecule has 6 heteroatoms. The molecule has 0 spiro atoms. The zero-order valence-electron chi connectivity index (χ0n) is 17.2. The van der Waals surface area contributed by atoms with Crippen LogP contribution in [0.1, 0.15) is 27.0 Å². The number of para-hydroxylation sites is 2. The summed E-state index contributed by atoms with van der Waals surface area (Å²) >= 11 is 0. The standard InChI is InChI=1S/C23H23N3O3/c1-14-10-15(2)21(16(3)11-14)23(28)29-13-20(27)17(12-24)22-25(4)18-8-6-7-9-19(18)26(22)5/h6-11H,13H2,1-5H3. The molecule has 0 aromatic heterocycles. The van der Waals surface area contributed by atoms with Crippen LogP contribution in [0.15, 0.2) is 47.8 Å². The lowest BCUT2D eigenvalue weighted by molar-refractivity contribution is -0.118. The quantitative estimate of drug-likeness (QED) is 0.451. The lowest BCUT2D eigenvalue weighted by atomic mass is 10.00. The number of carbonyl (C=O) groups excluding carboxylic acids is 2. The van der Waals surface area contributed by atoms with Crippen molar-refractivity contribution in [3.63, 3.8) is 0 Å². The average Bonchev–Trinajstić information content (AvgIpc) is 2.92. The largest absolute Gasteiger partial charge is 0.454 e. The van der Waals surface area contributed by atoms with Crippen LogP contribution in [-0.2, 0) is 9.53 Å². The van der Waals surface area contributed by atoms with E-state index < -0.39 is 18.4 Å². The number of rotatable bonds is 4. The van der Waals surface area contributed by atoms with Crippen LogP contribution in [0, 0.1) is 32.1 Å². The molecular weight excluding hydrogens is 366 g/mol. The number of benzene rings is 2. The molecule has 0 saturated heterocycles. The van der Waals surface area contributed by atoms with Crippen molar-refractivity contribution < 1.29 is 14.3 Å². The number of hydrogen-bond donors (Lipinski definition) is 0. The van der Waals surface area contributed by atoms with Crippen molar-refractivity contribution in [1.82, 2.24) is 0 Å². The van der Waals surface area contributed by atoms with Crippen LogP contribution in [0.5, 0.6) is 0 Å². The highest BCUT2D eigenvalue weighted by atomic mass is 16.5. The van der Waals surface area contributed by atoms with Gasteiger partial charge in [0.25, 0.3) is 0 Å². The van der Waals surface area contributed by atoms with Gasteiger partial charge in [0.1, 0.15) is 17.5 Å². The second kappa shape index (κ2) is 7.80. The van der Waals surface area contributed by atoms with Gasteiger partial charge in [-0.25, -0.2) is 4.79 Å². The van der Waals surface area contributed by atoms with Crippen LogP contribution in [0.2, 0.25) is 0 Å². The van der Waals surface area contributed by atoms with Crippen LogP contribution < -0.4 is 9.80 Å². The Morgan fingerprint density at radius 2 is 1.52 bits per heavy atom. The SMILES string of the molecule is Cc1cc(C)c(C(=O)OCC(=O)C(C#N)=C2N(C)c3ccccc3N2C)c(C)c1. The van der Waals surface area contributed by atoms with Gasteiger partial charge in [0, 0.05) is 14.1 Å². The molecule has 6 nitrogen and oxygen atoms in total. The Morgan fingerprint density at radius 1 is 1.00 bits per heavy atom. The van der Waals surface area contributed by atoms with E-state index in [1.165, 1.54) is 0 Å². The molecule has 3 rings (SSSR count). The fourth-order valence-corrected chi connectivity index (χ4v) is 3.83. The molecule has 1 heterocycles. The van der Waals surface area contributed by atoms with Gasteiger partial charge < -0.3 is 14.5 Å². The summed E-state index contributed by atoms with van der Waals surface area (Å²) in [6.45, 7) is 5.13. The Bertz CT molecular complexity index is 1030. The predicted molar refractivity (Wildman–Crippen MR) is 112 cm³/mol. The van der Waals surface area contributed by atoms with Gasteiger partial charge in [-0.1, -0.05) is 29.8 Å². The molecule has 2 aromatic carbocycles. The second-order valence-electron chi connectivity index (χ2n) is 7.19. The van der Waals surface area contributed by atoms with Crippen LogP contribution in [0.4, 0.5) is 11.4 Å². The number of Topliss-reactive ketones (excluding diaryl/α,β-unsaturated/α-hetero) is 1. The number of nitriles is 1. The van der Waals surface area contributed by atoms with Gasteiger partial charge in [-0.2, -0.15) is 5.26 Å². The van der Waals surface area contributed by atoms with Crippen LogP contribution in [0.3, 0.4) is 0 Å². The number of ketones is 1. The molecule has 0 bridgehead atoms. The van der Waals surface area contributed by atoms with Gasteiger partial charge in [-0.05, 0) is 44.0 Å². The number of hydrogen-bond acceptors (Lipinski definition) is 6. The van der Waals surface area contributed by atoms with E-state index in [0.29, 0.717) is 11.4 Å². The maximum Gasteiger partial charge on any atom is 0.339 e. The van der Waals surface area contributed by atoms with E-state index in [9.17, 15) is 14.9 Å². The zero-order valence-corrected chi connectivity index (χ0v) is 17.2. The first kappa shape index (κ1) is 20.2. The van der Waals surface area contributed by atoms with E-state index in [0.717, 1.165) is 28.1 Å². The van der Waals surface area contributed by atoms with E-state index in [-0.39, 0.29) is 5.57 Å². The van der Waals surface area contributed by atoms with E-state index in [4.69, 9.17) is 4.74 Å². The van der Waals surface area contributed by atoms with Crippen molar-refractivity contribution in [3.8, 4) is 6.07 Å². The van der Waals surface area contributed by atoms with Crippen LogP contribution in [-0.4, -0.2) is 32.5 Å². The molecule has 148 valence electrons. The number of esters is 1. The Labute approximate surface area is 170 Å². The van der Waals surface area contributed by atoms with Gasteiger partial charge in [0.15, 0.2) is 6.61 Å². The maximum atomic E-state index is 12.8. The number of fused-ring (bicyclic) bond motifs is 1. The zero-order chi connectivity index (χ0) is 21.3. The summed E-state index contributed by atoms with van der Waals surface area (Å²) in [4.78, 5) is 28.9. The number of ether oxygens (including phenoxy) is 1. The van der Waals surface area contributed by atoms with Crippen molar-refractivity contribution in [3.05, 3.63) is 70.0 Å². The number of carbonyl (C=O) groups is 2. The molecule has 0 aliphatic carbocycles. The lowest BCUT2D eigenvalue weighted by Gasteiger charge is -2.20. The van der Waals surface area contributed by atoms with Crippen LogP contribution >= 0.6 is 0 Å². The number of aryl methyl sites for hydroxylation is 3. The fourth-order valence-electron chi connectivity index (χ4n) is 3.83. The summed E-state index contributed by atoms with van der Waals surface area (Å²) in [6.07, 6.45) is 0. The monoisotopic (exact) mass is 389 g/mol. The molecular formula is C23H23N3O3. The van der Waals surface area contributed by atoms with Crippen molar-refractivity contribution in [2.45, 2.75) is 20.8 Å². The van der Waals surface area contributed by atoms with Gasteiger partial charge in [-0.15, -0.1) is 0 Å². The summed E-state index contributed by atoms with van der Waals surface area (Å²) in [5, 5.41) is 9.65. The predicted octanol–water partition coefficient (Wildman–Crippen LogP) is 3.66. The molecule has 0 radical (unpaired) electrons. The van der Waals surface area contributed by atoms with Crippen molar-refractivity contribution in [2.75, 3.05) is 30.5 Å². The molecule has 1 aliphatic rings. The highest BCUT2D eigenvalue weighted by Crippen LogP contribution is 2.40. The molecule has 0 saturated carbocycles. The minimum atomic E-state index is -0.563. The second-order valence-corrected chi connectivity index (χ2v) is 7.19. The third kappa shape index (κ3) is 3.59. The minimum absolute atomic E-state index is 0.0450. The smallest absolute Gasteiger partial charge is 0.339 e. The summed E-state index contributed by atoms with van der Waals surface area (Å²) in [5.41, 5.74) is 4.85. The van der Waals surface area contributed by atoms with E-state index in [1.807, 2.05) is 63.2 Å². The van der Waals surface area contributed by atoms with Crippen molar-refractivity contribution in [2.24, 2.45) is 0 Å². The first-order valence-corrected chi connectivity index (χ1v) is 9.25. The Balaban J connectivity index is 1.83. The van der Waals surface area contributed by atoms with Gasteiger partial charge >= 0.3 is 5.97 Å². The molecule has 29 heavy (non-hydrogen) atoms. The van der Waals surface area contributed by atoms with Crippen molar-refractivity contribution in [1.29, 1.82) is 5.26 Å². The highest BCUT2D eigenvalue weighted by molar-refractivity contribution is 6.04. The third-order valence-corrected chi connectivity index (χ3v) is 5.07. The number of anilines is 2. The Morgan fingerprint density at radius 3 is 2.00 bits per heavy atom. The Hall–Kier alpha value is -3.59. The van der Waals surface area contributed by atoms with E-state index in [1.54, 1.807) is 23.9 Å². The number of nitrogens with zero attached hydrogens (tertiary/aromatic N) is 3. The average molecular weight is 389 g/mol. The topological polar surface area (TPSA) is 73.6 Å². The summed E-state index contributed by atoms with van der Waals surface area (Å²) < 4.78 is 5.27. The summed E-state index contributed by atoms with van der Waals surface area (Å²) in [6, 6.07) is 13.4. The third-order valence-electron chi connectivity index (χ3n) is 5.07. The molecule has 1 aliphatic heterocycles. The van der Waals surface area contributed by atoms with Gasteiger partial charge in [0.2, 0.25) is 5.78 Å². The summed E-state index contributed by atoms with van der Waals surface area (Å²) in [7, 11) is 3.60. The lowest BCUT2D eigenvalue weighted by Crippen LogP contribution is -2.28. The van der Waals surface area contributed by atoms with E-state index in [2.05, 4.69) is 0 Å². The van der Waals surface area contributed by atoms with Crippen LogP contribution in [0.25, 0.3) is 0 Å². The highest BCUT2D eigenvalue weighted by Gasteiger charge is 2.31.